The molecule has 5 aromatic carbocycles. The maximum Gasteiger partial charge on any atom is 0.160 e. The third-order valence-corrected chi connectivity index (χ3v) is 11.5. The fourth-order valence-corrected chi connectivity index (χ4v) is 7.83. The smallest absolute Gasteiger partial charge is 0.160 e. The highest BCUT2D eigenvalue weighted by Crippen LogP contribution is 2.43. The second-order valence-corrected chi connectivity index (χ2v) is 20.0. The van der Waals surface area contributed by atoms with Crippen LogP contribution in [0, 0.1) is 0 Å². The van der Waals surface area contributed by atoms with Gasteiger partial charge in [0.25, 0.3) is 0 Å². The number of rotatable bonds is 4. The monoisotopic (exact) mass is 736 g/mol. The van der Waals surface area contributed by atoms with Crippen molar-refractivity contribution in [3.63, 3.8) is 0 Å². The number of fused-ring (bicyclic) bond motifs is 4. The molecule has 284 valence electrons. The number of furan rings is 1. The Morgan fingerprint density at radius 3 is 1.48 bits per heavy atom. The summed E-state index contributed by atoms with van der Waals surface area (Å²) >= 11 is 0. The summed E-state index contributed by atoms with van der Waals surface area (Å²) < 4.78 is 6.29. The first kappa shape index (κ1) is 37.5. The van der Waals surface area contributed by atoms with E-state index in [4.69, 9.17) is 9.40 Å². The number of benzene rings is 5. The molecule has 0 bridgehead atoms. The summed E-state index contributed by atoms with van der Waals surface area (Å²) in [5, 5.41) is 3.47. The molecule has 3 aromatic heterocycles. The Hall–Kier alpha value is -5.41. The summed E-state index contributed by atoms with van der Waals surface area (Å²) in [4.78, 5) is 9.39. The van der Waals surface area contributed by atoms with E-state index in [1.807, 2.05) is 0 Å². The molecule has 0 aliphatic carbocycles. The van der Waals surface area contributed by atoms with E-state index in [9.17, 15) is 0 Å². The Balaban J connectivity index is 1.37. The van der Waals surface area contributed by atoms with Crippen LogP contribution in [-0.2, 0) is 21.7 Å². The lowest BCUT2D eigenvalue weighted by Crippen LogP contribution is -2.11. The van der Waals surface area contributed by atoms with E-state index >= 15 is 0 Å². The first-order valence-electron chi connectivity index (χ1n) is 20.1. The van der Waals surface area contributed by atoms with Crippen molar-refractivity contribution in [2.75, 3.05) is 0 Å². The number of nitrogens with one attached hydrogen (secondary N) is 1. The van der Waals surface area contributed by atoms with Crippen molar-refractivity contribution in [3.8, 4) is 44.8 Å². The average molecular weight is 737 g/mol. The van der Waals surface area contributed by atoms with Gasteiger partial charge in [0.15, 0.2) is 5.58 Å². The van der Waals surface area contributed by atoms with Crippen LogP contribution >= 0.6 is 0 Å². The van der Waals surface area contributed by atoms with Crippen LogP contribution in [0.4, 0.5) is 0 Å². The minimum absolute atomic E-state index is 0.0368. The van der Waals surface area contributed by atoms with E-state index in [1.54, 1.807) is 6.26 Å². The lowest BCUT2D eigenvalue weighted by Gasteiger charge is -2.21. The van der Waals surface area contributed by atoms with E-state index in [1.165, 1.54) is 44.2 Å². The molecule has 0 aliphatic heterocycles. The lowest BCUT2D eigenvalue weighted by atomic mass is 9.83. The minimum Gasteiger partial charge on any atom is -0.462 e. The predicted octanol–water partition coefficient (Wildman–Crippen LogP) is 15.3. The van der Waals surface area contributed by atoms with Gasteiger partial charge in [0.05, 0.1) is 17.5 Å². The van der Waals surface area contributed by atoms with Gasteiger partial charge in [0, 0.05) is 32.8 Å². The molecule has 56 heavy (non-hydrogen) atoms. The molecular weight excluding hydrogens is 681 g/mol. The van der Waals surface area contributed by atoms with Gasteiger partial charge >= 0.3 is 0 Å². The molecule has 0 saturated heterocycles. The Morgan fingerprint density at radius 1 is 0.446 bits per heavy atom. The van der Waals surface area contributed by atoms with Gasteiger partial charge in [-0.3, -0.25) is 0 Å². The number of hydrogen-bond donors (Lipinski definition) is 1. The highest BCUT2D eigenvalue weighted by Gasteiger charge is 2.24. The maximum atomic E-state index is 6.29. The third kappa shape index (κ3) is 6.98. The van der Waals surface area contributed by atoms with Crippen molar-refractivity contribution in [1.82, 2.24) is 9.97 Å². The zero-order valence-corrected chi connectivity index (χ0v) is 35.3. The van der Waals surface area contributed by atoms with Crippen LogP contribution < -0.4 is 0 Å². The first-order valence-corrected chi connectivity index (χ1v) is 20.1. The molecule has 0 fully saturated rings. The fourth-order valence-electron chi connectivity index (χ4n) is 7.83. The van der Waals surface area contributed by atoms with E-state index in [-0.39, 0.29) is 21.7 Å². The zero-order chi connectivity index (χ0) is 39.9. The fraction of sp³-hybridized carbons (Fsp3) is 0.302. The van der Waals surface area contributed by atoms with Crippen molar-refractivity contribution in [2.24, 2.45) is 0 Å². The van der Waals surface area contributed by atoms with Gasteiger partial charge in [-0.1, -0.05) is 138 Å². The molecule has 0 amide bonds. The van der Waals surface area contributed by atoms with Crippen LogP contribution in [0.1, 0.15) is 105 Å². The number of pyridine rings is 1. The number of nitrogens with zero attached hydrogens (tertiary/aromatic N) is 1. The molecule has 1 N–H and O–H groups in total. The molecule has 0 radical (unpaired) electrons. The van der Waals surface area contributed by atoms with E-state index < -0.39 is 0 Å². The number of hydrogen-bond acceptors (Lipinski definition) is 2. The van der Waals surface area contributed by atoms with Gasteiger partial charge in [-0.2, -0.15) is 0 Å². The Bertz CT molecular complexity index is 2670. The molecule has 3 heteroatoms. The highest BCUT2D eigenvalue weighted by atomic mass is 16.3. The molecule has 0 atom stereocenters. The van der Waals surface area contributed by atoms with Crippen molar-refractivity contribution in [2.45, 2.75) is 105 Å². The van der Waals surface area contributed by atoms with Crippen LogP contribution in [0.2, 0.25) is 0 Å². The summed E-state index contributed by atoms with van der Waals surface area (Å²) in [6.07, 6.45) is 1.79. The Kier molecular flexibility index (Phi) is 8.77. The quantitative estimate of drug-likeness (QED) is 0.195. The first-order chi connectivity index (χ1) is 26.2. The predicted molar refractivity (Wildman–Crippen MR) is 240 cm³/mol. The normalized spacial score (nSPS) is 13.0. The summed E-state index contributed by atoms with van der Waals surface area (Å²) in [5.41, 5.74) is 16.9. The summed E-state index contributed by atoms with van der Waals surface area (Å²) in [7, 11) is 0. The second kappa shape index (κ2) is 13.1. The van der Waals surface area contributed by atoms with Crippen LogP contribution in [0.25, 0.3) is 77.5 Å². The second-order valence-electron chi connectivity index (χ2n) is 20.0. The van der Waals surface area contributed by atoms with Crippen LogP contribution in [-0.4, -0.2) is 9.97 Å². The Morgan fingerprint density at radius 2 is 0.946 bits per heavy atom. The standard InChI is InChI=1S/C53H56N2O/c1-50(2,3)38-17-13-32(14-18-38)35-25-36(33-15-19-39(20-16-33)51(4,5)6)27-37(26-35)46-28-34-23-24-56-49(34)48(55-46)44-31-41(53(10,11)12)30-43-42-29-40(52(7,8)9)21-22-45(42)54-47(43)44/h13-31,54H,1-12H3. The van der Waals surface area contributed by atoms with Crippen LogP contribution in [0.5, 0.6) is 0 Å². The van der Waals surface area contributed by atoms with Gasteiger partial charge in [0.1, 0.15) is 5.69 Å². The number of H-pyrrole nitrogens is 1. The third-order valence-electron chi connectivity index (χ3n) is 11.5. The topological polar surface area (TPSA) is 41.8 Å². The van der Waals surface area contributed by atoms with Gasteiger partial charge < -0.3 is 9.40 Å². The minimum atomic E-state index is -0.0810. The van der Waals surface area contributed by atoms with E-state index in [0.717, 1.165) is 55.6 Å². The van der Waals surface area contributed by atoms with Gasteiger partial charge in [-0.05, 0) is 121 Å². The average Bonchev–Trinajstić information content (AvgIpc) is 3.77. The molecule has 0 spiro atoms. The highest BCUT2D eigenvalue weighted by molar-refractivity contribution is 6.14. The van der Waals surface area contributed by atoms with E-state index in [0.29, 0.717) is 0 Å². The number of aromatic nitrogens is 2. The molecule has 0 unspecified atom stereocenters. The van der Waals surface area contributed by atoms with Crippen LogP contribution in [0.3, 0.4) is 0 Å². The maximum absolute atomic E-state index is 6.29. The van der Waals surface area contributed by atoms with Gasteiger partial charge in [-0.25, -0.2) is 4.98 Å². The van der Waals surface area contributed by atoms with Crippen LogP contribution in [0.15, 0.2) is 120 Å². The summed E-state index contributed by atoms with van der Waals surface area (Å²) in [6.45, 7) is 27.3. The number of aromatic amines is 1. The SMILES string of the molecule is CC(C)(C)c1ccc(-c2cc(-c3ccc(C(C)(C)C)cc3)cc(-c3cc4ccoc4c(-c4cc(C(C)(C)C)cc5c4[nH]c4ccc(C(C)(C)C)cc45)n3)c2)cc1. The molecule has 0 aliphatic rings. The molecule has 8 rings (SSSR count). The van der Waals surface area contributed by atoms with Crippen molar-refractivity contribution in [3.05, 3.63) is 138 Å². The Labute approximate surface area is 333 Å². The molecule has 3 nitrogen and oxygen atoms in total. The largest absolute Gasteiger partial charge is 0.462 e. The van der Waals surface area contributed by atoms with Gasteiger partial charge in [0.2, 0.25) is 0 Å². The van der Waals surface area contributed by atoms with Gasteiger partial charge in [-0.15, -0.1) is 0 Å². The van der Waals surface area contributed by atoms with Crippen molar-refractivity contribution < 1.29 is 4.42 Å². The molecule has 3 heterocycles. The summed E-state index contributed by atoms with van der Waals surface area (Å²) in [6, 6.07) is 40.9. The lowest BCUT2D eigenvalue weighted by molar-refractivity contribution is 0.590. The molecule has 8 aromatic rings. The van der Waals surface area contributed by atoms with Crippen molar-refractivity contribution >= 4 is 32.8 Å². The van der Waals surface area contributed by atoms with E-state index in [2.05, 4.69) is 197 Å². The van der Waals surface area contributed by atoms with Crippen molar-refractivity contribution in [1.29, 1.82) is 0 Å². The zero-order valence-electron chi connectivity index (χ0n) is 35.3. The molecular formula is C53H56N2O. The molecule has 0 saturated carbocycles. The summed E-state index contributed by atoms with van der Waals surface area (Å²) in [5.74, 6) is 0.